The van der Waals surface area contributed by atoms with Crippen molar-refractivity contribution in [3.63, 3.8) is 0 Å². The molecule has 0 aliphatic heterocycles. The van der Waals surface area contributed by atoms with Crippen LogP contribution in [0.5, 0.6) is 0 Å². The highest BCUT2D eigenvalue weighted by atomic mass is 16.3. The van der Waals surface area contributed by atoms with Crippen LogP contribution in [0.3, 0.4) is 0 Å². The number of aliphatic hydroxyl groups excluding tert-OH is 1. The third kappa shape index (κ3) is 3.57. The molecule has 0 unspecified atom stereocenters. The van der Waals surface area contributed by atoms with E-state index in [0.29, 0.717) is 11.5 Å². The van der Waals surface area contributed by atoms with Gasteiger partial charge in [0.2, 0.25) is 0 Å². The van der Waals surface area contributed by atoms with Gasteiger partial charge in [-0.05, 0) is 38.8 Å². The summed E-state index contributed by atoms with van der Waals surface area (Å²) in [6, 6.07) is 6.02. The van der Waals surface area contributed by atoms with Gasteiger partial charge in [0.1, 0.15) is 23.4 Å². The van der Waals surface area contributed by atoms with Crippen LogP contribution in [0.15, 0.2) is 18.3 Å². The number of rotatable bonds is 4. The van der Waals surface area contributed by atoms with Crippen LogP contribution in [-0.4, -0.2) is 33.3 Å². The smallest absolute Gasteiger partial charge is 0.143 e. The van der Waals surface area contributed by atoms with Crippen molar-refractivity contribution < 1.29 is 5.11 Å². The maximum atomic E-state index is 10.1. The molecule has 0 saturated heterocycles. The Balaban J connectivity index is 1.95. The standard InChI is InChI=1S/C18H23N5O/c1-11(2)21-18-14-8-17(23-15-5-3-4-6-16(15)24)20-10-12(14)7-13(9-19)22-18/h7-8,10-11,15-16,24H,3-6H2,1-2H3,(H,20,23)(H,21,22)/t15-,16+/m1/s1. The van der Waals surface area contributed by atoms with Crippen molar-refractivity contribution >= 4 is 22.4 Å². The predicted molar refractivity (Wildman–Crippen MR) is 94.9 cm³/mol. The third-order valence-corrected chi connectivity index (χ3v) is 4.32. The number of aliphatic hydroxyl groups is 1. The molecule has 2 aromatic rings. The molecule has 1 saturated carbocycles. The largest absolute Gasteiger partial charge is 0.391 e. The predicted octanol–water partition coefficient (Wildman–Crippen LogP) is 3.04. The lowest BCUT2D eigenvalue weighted by atomic mass is 9.92. The van der Waals surface area contributed by atoms with E-state index in [1.165, 1.54) is 0 Å². The first-order valence-corrected chi connectivity index (χ1v) is 8.49. The molecule has 2 heterocycles. The van der Waals surface area contributed by atoms with Crippen molar-refractivity contribution in [2.24, 2.45) is 0 Å². The average molecular weight is 325 g/mol. The highest BCUT2D eigenvalue weighted by Crippen LogP contribution is 2.27. The second-order valence-electron chi connectivity index (χ2n) is 6.66. The Labute approximate surface area is 141 Å². The minimum Gasteiger partial charge on any atom is -0.391 e. The molecular formula is C18H23N5O. The maximum Gasteiger partial charge on any atom is 0.143 e. The fourth-order valence-corrected chi connectivity index (χ4v) is 3.14. The molecule has 1 aliphatic rings. The lowest BCUT2D eigenvalue weighted by Gasteiger charge is -2.28. The average Bonchev–Trinajstić information content (AvgIpc) is 2.56. The van der Waals surface area contributed by atoms with Crippen molar-refractivity contribution in [1.82, 2.24) is 9.97 Å². The van der Waals surface area contributed by atoms with Gasteiger partial charge in [-0.2, -0.15) is 5.26 Å². The Bertz CT molecular complexity index is 768. The van der Waals surface area contributed by atoms with Gasteiger partial charge in [-0.3, -0.25) is 0 Å². The molecule has 6 nitrogen and oxygen atoms in total. The molecule has 24 heavy (non-hydrogen) atoms. The minimum atomic E-state index is -0.330. The van der Waals surface area contributed by atoms with Crippen LogP contribution < -0.4 is 10.6 Å². The molecule has 3 N–H and O–H groups in total. The lowest BCUT2D eigenvalue weighted by molar-refractivity contribution is 0.116. The number of nitrogens with one attached hydrogen (secondary N) is 2. The van der Waals surface area contributed by atoms with E-state index in [-0.39, 0.29) is 18.2 Å². The number of nitriles is 1. The van der Waals surface area contributed by atoms with Gasteiger partial charge in [-0.25, -0.2) is 9.97 Å². The summed E-state index contributed by atoms with van der Waals surface area (Å²) in [6.07, 6.45) is 5.40. The molecule has 2 atom stereocenters. The van der Waals surface area contributed by atoms with E-state index in [1.807, 2.05) is 19.9 Å². The van der Waals surface area contributed by atoms with Crippen molar-refractivity contribution in [3.05, 3.63) is 24.0 Å². The Morgan fingerprint density at radius 1 is 1.29 bits per heavy atom. The van der Waals surface area contributed by atoms with Crippen LogP contribution in [0, 0.1) is 11.3 Å². The van der Waals surface area contributed by atoms with Crippen LogP contribution in [0.2, 0.25) is 0 Å². The van der Waals surface area contributed by atoms with Gasteiger partial charge in [-0.1, -0.05) is 12.8 Å². The summed E-state index contributed by atoms with van der Waals surface area (Å²) in [4.78, 5) is 8.83. The van der Waals surface area contributed by atoms with E-state index in [1.54, 1.807) is 12.3 Å². The summed E-state index contributed by atoms with van der Waals surface area (Å²) in [5, 5.41) is 27.7. The molecule has 3 rings (SSSR count). The van der Waals surface area contributed by atoms with Crippen LogP contribution in [-0.2, 0) is 0 Å². The minimum absolute atomic E-state index is 0.0385. The Kier molecular flexibility index (Phi) is 4.81. The van der Waals surface area contributed by atoms with Crippen molar-refractivity contribution in [3.8, 4) is 6.07 Å². The molecule has 126 valence electrons. The van der Waals surface area contributed by atoms with Gasteiger partial charge in [0.15, 0.2) is 0 Å². The van der Waals surface area contributed by atoms with Crippen molar-refractivity contribution in [2.75, 3.05) is 10.6 Å². The van der Waals surface area contributed by atoms with E-state index in [2.05, 4.69) is 26.7 Å². The fraction of sp³-hybridized carbons (Fsp3) is 0.500. The first-order chi connectivity index (χ1) is 11.6. The molecule has 1 fully saturated rings. The maximum absolute atomic E-state index is 10.1. The number of fused-ring (bicyclic) bond motifs is 1. The van der Waals surface area contributed by atoms with E-state index in [0.717, 1.165) is 42.3 Å². The molecule has 1 aliphatic carbocycles. The first kappa shape index (κ1) is 16.5. The molecule has 0 spiro atoms. The normalized spacial score (nSPS) is 20.8. The molecule has 0 amide bonds. The first-order valence-electron chi connectivity index (χ1n) is 8.49. The Hall–Kier alpha value is -2.39. The van der Waals surface area contributed by atoms with Crippen LogP contribution >= 0.6 is 0 Å². The zero-order valence-corrected chi connectivity index (χ0v) is 14.1. The summed E-state index contributed by atoms with van der Waals surface area (Å²) in [5.74, 6) is 1.42. The van der Waals surface area contributed by atoms with Crippen molar-refractivity contribution in [1.29, 1.82) is 5.26 Å². The zero-order chi connectivity index (χ0) is 17.1. The van der Waals surface area contributed by atoms with E-state index >= 15 is 0 Å². The Morgan fingerprint density at radius 2 is 2.08 bits per heavy atom. The van der Waals surface area contributed by atoms with Gasteiger partial charge in [0.05, 0.1) is 12.1 Å². The number of hydrogen-bond acceptors (Lipinski definition) is 6. The summed E-state index contributed by atoms with van der Waals surface area (Å²) in [5.41, 5.74) is 0.371. The molecular weight excluding hydrogens is 302 g/mol. The number of pyridine rings is 2. The number of hydrogen-bond donors (Lipinski definition) is 3. The summed E-state index contributed by atoms with van der Waals surface area (Å²) >= 11 is 0. The van der Waals surface area contributed by atoms with E-state index in [4.69, 9.17) is 5.26 Å². The quantitative estimate of drug-likeness (QED) is 0.800. The van der Waals surface area contributed by atoms with Gasteiger partial charge < -0.3 is 15.7 Å². The van der Waals surface area contributed by atoms with Crippen LogP contribution in [0.1, 0.15) is 45.2 Å². The second kappa shape index (κ2) is 7.02. The number of anilines is 2. The number of aromatic nitrogens is 2. The molecule has 0 radical (unpaired) electrons. The summed E-state index contributed by atoms with van der Waals surface area (Å²) in [7, 11) is 0. The van der Waals surface area contributed by atoms with Gasteiger partial charge in [0.25, 0.3) is 0 Å². The van der Waals surface area contributed by atoms with Gasteiger partial charge >= 0.3 is 0 Å². The lowest BCUT2D eigenvalue weighted by Crippen LogP contribution is -2.36. The highest BCUT2D eigenvalue weighted by molar-refractivity contribution is 5.93. The highest BCUT2D eigenvalue weighted by Gasteiger charge is 2.23. The molecule has 0 bridgehead atoms. The van der Waals surface area contributed by atoms with E-state index in [9.17, 15) is 5.11 Å². The van der Waals surface area contributed by atoms with Gasteiger partial charge in [-0.15, -0.1) is 0 Å². The van der Waals surface area contributed by atoms with Crippen LogP contribution in [0.25, 0.3) is 10.8 Å². The SMILES string of the molecule is CC(C)Nc1nc(C#N)cc2cnc(N[C@@H]3CCCC[C@@H]3O)cc12. The Morgan fingerprint density at radius 3 is 2.79 bits per heavy atom. The summed E-state index contributed by atoms with van der Waals surface area (Å²) in [6.45, 7) is 4.07. The fourth-order valence-electron chi connectivity index (χ4n) is 3.14. The topological polar surface area (TPSA) is 93.9 Å². The molecule has 0 aromatic carbocycles. The monoisotopic (exact) mass is 325 g/mol. The molecule has 2 aromatic heterocycles. The second-order valence-corrected chi connectivity index (χ2v) is 6.66. The van der Waals surface area contributed by atoms with Crippen LogP contribution in [0.4, 0.5) is 11.6 Å². The van der Waals surface area contributed by atoms with E-state index < -0.39 is 0 Å². The summed E-state index contributed by atoms with van der Waals surface area (Å²) < 4.78 is 0. The molecule has 6 heteroatoms. The third-order valence-electron chi connectivity index (χ3n) is 4.32. The number of nitrogens with zero attached hydrogens (tertiary/aromatic N) is 3. The van der Waals surface area contributed by atoms with Crippen molar-refractivity contribution in [2.45, 2.75) is 57.7 Å². The van der Waals surface area contributed by atoms with Gasteiger partial charge in [0, 0.05) is 23.0 Å². The zero-order valence-electron chi connectivity index (χ0n) is 14.1.